The van der Waals surface area contributed by atoms with Crippen molar-refractivity contribution in [1.29, 1.82) is 0 Å². The van der Waals surface area contributed by atoms with Crippen molar-refractivity contribution in [1.82, 2.24) is 0 Å². The largest absolute Gasteiger partial charge is 0.486 e. The maximum Gasteiger partial charge on any atom is 0.339 e. The van der Waals surface area contributed by atoms with Crippen LogP contribution in [0.3, 0.4) is 0 Å². The molecule has 0 saturated heterocycles. The van der Waals surface area contributed by atoms with Crippen molar-refractivity contribution in [2.45, 2.75) is 13.0 Å². The Morgan fingerprint density at radius 3 is 2.45 bits per heavy atom. The van der Waals surface area contributed by atoms with E-state index in [2.05, 4.69) is 10.1 Å². The van der Waals surface area contributed by atoms with E-state index in [4.69, 9.17) is 21.1 Å². The van der Waals surface area contributed by atoms with Crippen LogP contribution in [0.15, 0.2) is 36.4 Å². The van der Waals surface area contributed by atoms with E-state index in [0.717, 1.165) is 10.6 Å². The summed E-state index contributed by atoms with van der Waals surface area (Å²) < 4.78 is 41.7. The second-order valence-corrected chi connectivity index (χ2v) is 9.00. The van der Waals surface area contributed by atoms with Crippen molar-refractivity contribution in [2.75, 3.05) is 36.2 Å². The average Bonchev–Trinajstić information content (AvgIpc) is 2.73. The van der Waals surface area contributed by atoms with Gasteiger partial charge in [-0.15, -0.1) is 0 Å². The molecule has 0 aliphatic carbocycles. The number of methoxy groups -OCH3 is 1. The predicted octanol–water partition coefficient (Wildman–Crippen LogP) is 2.69. The molecule has 0 fully saturated rings. The van der Waals surface area contributed by atoms with Gasteiger partial charge in [0.1, 0.15) is 19.3 Å². The second-order valence-electron chi connectivity index (χ2n) is 6.74. The molecule has 1 atom stereocenters. The van der Waals surface area contributed by atoms with Crippen LogP contribution >= 0.6 is 11.6 Å². The minimum atomic E-state index is -3.83. The van der Waals surface area contributed by atoms with E-state index in [1.54, 1.807) is 6.07 Å². The van der Waals surface area contributed by atoms with Crippen LogP contribution in [0.4, 0.5) is 11.4 Å². The molecule has 1 aliphatic rings. The zero-order valence-corrected chi connectivity index (χ0v) is 18.6. The Bertz CT molecular complexity index is 1120. The normalized spacial score (nSPS) is 13.8. The molecule has 1 heterocycles. The van der Waals surface area contributed by atoms with Crippen LogP contribution in [0.2, 0.25) is 5.02 Å². The molecule has 0 radical (unpaired) electrons. The highest BCUT2D eigenvalue weighted by molar-refractivity contribution is 7.92. The van der Waals surface area contributed by atoms with Gasteiger partial charge in [0.15, 0.2) is 11.5 Å². The van der Waals surface area contributed by atoms with E-state index < -0.39 is 27.9 Å². The summed E-state index contributed by atoms with van der Waals surface area (Å²) in [7, 11) is -2.62. The van der Waals surface area contributed by atoms with Crippen molar-refractivity contribution < 1.29 is 32.2 Å². The number of carbonyl (C=O) groups is 2. The highest BCUT2D eigenvalue weighted by Gasteiger charge is 2.30. The number of rotatable bonds is 6. The zero-order chi connectivity index (χ0) is 22.8. The summed E-state index contributed by atoms with van der Waals surface area (Å²) in [6.45, 7) is 2.18. The van der Waals surface area contributed by atoms with Gasteiger partial charge in [0.2, 0.25) is 15.9 Å². The first-order chi connectivity index (χ1) is 14.6. The van der Waals surface area contributed by atoms with Gasteiger partial charge in [0.05, 0.1) is 29.6 Å². The molecule has 1 amide bonds. The summed E-state index contributed by atoms with van der Waals surface area (Å²) in [5.74, 6) is -0.385. The lowest BCUT2D eigenvalue weighted by Gasteiger charge is -2.29. The highest BCUT2D eigenvalue weighted by Crippen LogP contribution is 2.35. The summed E-state index contributed by atoms with van der Waals surface area (Å²) in [5, 5.41) is 2.76. The molecule has 2 aromatic carbocycles. The van der Waals surface area contributed by atoms with Gasteiger partial charge < -0.3 is 19.5 Å². The van der Waals surface area contributed by atoms with Crippen LogP contribution in [0.1, 0.15) is 17.3 Å². The molecule has 1 N–H and O–H groups in total. The molecule has 0 saturated carbocycles. The topological polar surface area (TPSA) is 111 Å². The van der Waals surface area contributed by atoms with Crippen molar-refractivity contribution in [3.8, 4) is 11.5 Å². The average molecular weight is 469 g/mol. The lowest BCUT2D eigenvalue weighted by atomic mass is 10.2. The predicted molar refractivity (Wildman–Crippen MR) is 116 cm³/mol. The molecule has 0 aromatic heterocycles. The number of esters is 1. The van der Waals surface area contributed by atoms with E-state index in [0.29, 0.717) is 24.7 Å². The van der Waals surface area contributed by atoms with Gasteiger partial charge in [-0.05, 0) is 37.3 Å². The number of hydrogen-bond donors (Lipinski definition) is 1. The maximum absolute atomic E-state index is 12.9. The molecule has 9 nitrogen and oxygen atoms in total. The fourth-order valence-electron chi connectivity index (χ4n) is 3.09. The summed E-state index contributed by atoms with van der Waals surface area (Å²) in [6.07, 6.45) is 1.01. The Morgan fingerprint density at radius 2 is 1.81 bits per heavy atom. The van der Waals surface area contributed by atoms with E-state index in [9.17, 15) is 18.0 Å². The molecule has 0 unspecified atom stereocenters. The molecule has 11 heteroatoms. The number of nitrogens with zero attached hydrogens (tertiary/aromatic N) is 1. The third kappa shape index (κ3) is 5.02. The molecule has 31 heavy (non-hydrogen) atoms. The summed E-state index contributed by atoms with van der Waals surface area (Å²) >= 11 is 5.99. The molecule has 0 bridgehead atoms. The first-order valence-corrected chi connectivity index (χ1v) is 11.4. The molecule has 0 spiro atoms. The van der Waals surface area contributed by atoms with Gasteiger partial charge in [-0.3, -0.25) is 9.10 Å². The molecule has 3 rings (SSSR count). The van der Waals surface area contributed by atoms with E-state index in [-0.39, 0.29) is 22.0 Å². The van der Waals surface area contributed by atoms with E-state index in [1.165, 1.54) is 44.4 Å². The van der Waals surface area contributed by atoms with Gasteiger partial charge >= 0.3 is 5.97 Å². The fourth-order valence-corrected chi connectivity index (χ4v) is 4.46. The number of hydrogen-bond acceptors (Lipinski definition) is 7. The van der Waals surface area contributed by atoms with Crippen molar-refractivity contribution in [3.05, 3.63) is 47.0 Å². The number of amides is 1. The number of anilines is 2. The van der Waals surface area contributed by atoms with Gasteiger partial charge in [0.25, 0.3) is 0 Å². The minimum Gasteiger partial charge on any atom is -0.486 e. The lowest BCUT2D eigenvalue weighted by Crippen LogP contribution is -2.45. The molecule has 1 aliphatic heterocycles. The van der Waals surface area contributed by atoms with Crippen LogP contribution < -0.4 is 19.1 Å². The minimum absolute atomic E-state index is 0.0708. The lowest BCUT2D eigenvalue weighted by molar-refractivity contribution is -0.116. The number of fused-ring (bicyclic) bond motifs is 1. The standard InChI is InChI=1S/C20H21ClN2O7S/c1-12(19(24)22-13-4-6-16(21)15(10-13)20(25)28-2)23(31(3,26)27)14-5-7-17-18(11-14)30-9-8-29-17/h4-7,10-12H,8-9H2,1-3H3,(H,22,24)/t12-/m0/s1. The van der Waals surface area contributed by atoms with Crippen molar-refractivity contribution in [3.63, 3.8) is 0 Å². The quantitative estimate of drug-likeness (QED) is 0.649. The molecule has 166 valence electrons. The van der Waals surface area contributed by atoms with Crippen molar-refractivity contribution in [2.24, 2.45) is 0 Å². The van der Waals surface area contributed by atoms with Gasteiger partial charge in [-0.1, -0.05) is 11.6 Å². The monoisotopic (exact) mass is 468 g/mol. The smallest absolute Gasteiger partial charge is 0.339 e. The third-order valence-electron chi connectivity index (χ3n) is 4.51. The summed E-state index contributed by atoms with van der Waals surface area (Å²) in [4.78, 5) is 24.7. The Balaban J connectivity index is 1.88. The van der Waals surface area contributed by atoms with Crippen LogP contribution in [0.25, 0.3) is 0 Å². The number of halogens is 1. The summed E-state index contributed by atoms with van der Waals surface area (Å²) in [5.41, 5.74) is 0.583. The van der Waals surface area contributed by atoms with Crippen LogP contribution in [-0.4, -0.2) is 52.9 Å². The number of ether oxygens (including phenoxy) is 3. The number of carbonyl (C=O) groups excluding carboxylic acids is 2. The van der Waals surface area contributed by atoms with E-state index in [1.807, 2.05) is 0 Å². The second kappa shape index (κ2) is 9.03. The van der Waals surface area contributed by atoms with E-state index >= 15 is 0 Å². The van der Waals surface area contributed by atoms with Gasteiger partial charge in [-0.25, -0.2) is 13.2 Å². The Kier molecular flexibility index (Phi) is 6.61. The first kappa shape index (κ1) is 22.7. The van der Waals surface area contributed by atoms with Crippen LogP contribution in [-0.2, 0) is 19.6 Å². The van der Waals surface area contributed by atoms with Crippen LogP contribution in [0.5, 0.6) is 11.5 Å². The Morgan fingerprint density at radius 1 is 1.13 bits per heavy atom. The Labute approximate surface area is 184 Å². The van der Waals surface area contributed by atoms with Gasteiger partial charge in [0, 0.05) is 11.8 Å². The molecular weight excluding hydrogens is 448 g/mol. The number of benzene rings is 2. The fraction of sp³-hybridized carbons (Fsp3) is 0.300. The van der Waals surface area contributed by atoms with Crippen LogP contribution in [0, 0.1) is 0 Å². The highest BCUT2D eigenvalue weighted by atomic mass is 35.5. The molecule has 2 aromatic rings. The van der Waals surface area contributed by atoms with Crippen molar-refractivity contribution >= 4 is 44.9 Å². The molecular formula is C20H21ClN2O7S. The third-order valence-corrected chi connectivity index (χ3v) is 6.08. The number of sulfonamides is 1. The first-order valence-electron chi connectivity index (χ1n) is 9.19. The SMILES string of the molecule is COC(=O)c1cc(NC(=O)[C@H](C)N(c2ccc3c(c2)OCCO3)S(C)(=O)=O)ccc1Cl. The summed E-state index contributed by atoms with van der Waals surface area (Å²) in [6, 6.07) is 7.81. The van der Waals surface area contributed by atoms with Gasteiger partial charge in [-0.2, -0.15) is 0 Å². The number of nitrogens with one attached hydrogen (secondary N) is 1. The maximum atomic E-state index is 12.9. The zero-order valence-electron chi connectivity index (χ0n) is 17.0. The Hall–Kier alpha value is -2.98.